The summed E-state index contributed by atoms with van der Waals surface area (Å²) in [7, 11) is -2.33. The second-order valence-electron chi connectivity index (χ2n) is 7.85. The maximum atomic E-state index is 13.0. The highest BCUT2D eigenvalue weighted by Crippen LogP contribution is 2.34. The Kier molecular flexibility index (Phi) is 9.41. The van der Waals surface area contributed by atoms with E-state index in [9.17, 15) is 18.0 Å². The van der Waals surface area contributed by atoms with Gasteiger partial charge in [-0.15, -0.1) is 11.3 Å². The third-order valence-electron chi connectivity index (χ3n) is 5.73. The minimum atomic E-state index is -3.60. The first-order valence-corrected chi connectivity index (χ1v) is 14.1. The molecule has 0 unspecified atom stereocenters. The van der Waals surface area contributed by atoms with Crippen molar-refractivity contribution in [1.82, 2.24) is 9.21 Å². The molecule has 0 aliphatic carbocycles. The number of esters is 1. The molecule has 1 aliphatic heterocycles. The number of morpholine rings is 1. The Labute approximate surface area is 220 Å². The third kappa shape index (κ3) is 6.03. The van der Waals surface area contributed by atoms with Gasteiger partial charge in [-0.3, -0.25) is 4.79 Å². The van der Waals surface area contributed by atoms with Gasteiger partial charge >= 0.3 is 5.97 Å². The summed E-state index contributed by atoms with van der Waals surface area (Å²) in [6, 6.07) is 6.23. The molecular weight excluding hydrogens is 524 g/mol. The van der Waals surface area contributed by atoms with E-state index in [1.54, 1.807) is 24.0 Å². The molecule has 0 radical (unpaired) electrons. The van der Waals surface area contributed by atoms with Crippen LogP contribution in [0.1, 0.15) is 39.4 Å². The van der Waals surface area contributed by atoms with Crippen LogP contribution in [0.3, 0.4) is 0 Å². The fourth-order valence-electron chi connectivity index (χ4n) is 3.72. The molecule has 0 saturated carbocycles. The lowest BCUT2D eigenvalue weighted by atomic mass is 10.1. The van der Waals surface area contributed by atoms with Crippen LogP contribution in [0.4, 0.5) is 10.7 Å². The maximum Gasteiger partial charge on any atom is 0.341 e. The van der Waals surface area contributed by atoms with E-state index in [2.05, 4.69) is 10.6 Å². The van der Waals surface area contributed by atoms with Crippen molar-refractivity contribution in [2.45, 2.75) is 25.7 Å². The molecule has 2 N–H and O–H groups in total. The van der Waals surface area contributed by atoms with E-state index in [1.807, 2.05) is 13.8 Å². The minimum Gasteiger partial charge on any atom is -0.465 e. The van der Waals surface area contributed by atoms with Gasteiger partial charge in [0, 0.05) is 31.9 Å². The lowest BCUT2D eigenvalue weighted by molar-refractivity contribution is 0.0601. The summed E-state index contributed by atoms with van der Waals surface area (Å²) in [6.07, 6.45) is 0. The van der Waals surface area contributed by atoms with E-state index in [0.717, 1.165) is 11.3 Å². The molecule has 2 aromatic rings. The Morgan fingerprint density at radius 3 is 2.31 bits per heavy atom. The summed E-state index contributed by atoms with van der Waals surface area (Å²) in [6.45, 7) is 7.95. The number of thiocarbonyl (C=S) groups is 1. The molecule has 1 amide bonds. The van der Waals surface area contributed by atoms with Crippen molar-refractivity contribution in [3.63, 3.8) is 0 Å². The number of rotatable bonds is 8. The first-order chi connectivity index (χ1) is 17.1. The van der Waals surface area contributed by atoms with Crippen molar-refractivity contribution in [1.29, 1.82) is 0 Å². The monoisotopic (exact) mass is 554 g/mol. The van der Waals surface area contributed by atoms with Crippen molar-refractivity contribution in [3.05, 3.63) is 40.3 Å². The third-order valence-corrected chi connectivity index (χ3v) is 9.04. The SMILES string of the molecule is CCN(CC)C(=O)c1sc(NC(=S)Nc2ccc(S(=O)(=O)N3CCOCC3)cc2)c(C(=O)OC)c1C. The average Bonchev–Trinajstić information content (AvgIpc) is 3.20. The second-order valence-corrected chi connectivity index (χ2v) is 11.2. The molecule has 10 nitrogen and oxygen atoms in total. The van der Waals surface area contributed by atoms with Crippen LogP contribution in [0, 0.1) is 6.92 Å². The van der Waals surface area contributed by atoms with Crippen molar-refractivity contribution >= 4 is 61.3 Å². The number of anilines is 2. The Bertz CT molecular complexity index is 1220. The van der Waals surface area contributed by atoms with Crippen LogP contribution in [0.25, 0.3) is 0 Å². The van der Waals surface area contributed by atoms with Crippen LogP contribution in [-0.2, 0) is 19.5 Å². The number of thiophene rings is 1. The Balaban J connectivity index is 1.77. The quantitative estimate of drug-likeness (QED) is 0.375. The van der Waals surface area contributed by atoms with Gasteiger partial charge in [-0.05, 0) is 62.8 Å². The Morgan fingerprint density at radius 1 is 1.14 bits per heavy atom. The molecule has 2 heterocycles. The zero-order valence-electron chi connectivity index (χ0n) is 20.6. The number of benzene rings is 1. The van der Waals surface area contributed by atoms with E-state index in [4.69, 9.17) is 21.7 Å². The van der Waals surface area contributed by atoms with Gasteiger partial charge in [0.05, 0.1) is 35.7 Å². The summed E-state index contributed by atoms with van der Waals surface area (Å²) < 4.78 is 37.2. The van der Waals surface area contributed by atoms with Gasteiger partial charge < -0.3 is 25.0 Å². The summed E-state index contributed by atoms with van der Waals surface area (Å²) in [5, 5.41) is 6.54. The van der Waals surface area contributed by atoms with E-state index in [-0.39, 0.29) is 21.5 Å². The normalized spacial score (nSPS) is 14.2. The molecule has 1 aromatic heterocycles. The zero-order valence-corrected chi connectivity index (χ0v) is 23.1. The topological polar surface area (TPSA) is 117 Å². The highest BCUT2D eigenvalue weighted by atomic mass is 32.2. The van der Waals surface area contributed by atoms with Gasteiger partial charge in [-0.1, -0.05) is 0 Å². The molecule has 13 heteroatoms. The summed E-state index contributed by atoms with van der Waals surface area (Å²) in [5.41, 5.74) is 1.32. The molecule has 1 fully saturated rings. The molecule has 1 aromatic carbocycles. The summed E-state index contributed by atoms with van der Waals surface area (Å²) in [4.78, 5) is 27.7. The van der Waals surface area contributed by atoms with Crippen LogP contribution >= 0.6 is 23.6 Å². The molecule has 196 valence electrons. The van der Waals surface area contributed by atoms with Gasteiger partial charge in [-0.2, -0.15) is 4.31 Å². The number of nitrogens with one attached hydrogen (secondary N) is 2. The van der Waals surface area contributed by atoms with Gasteiger partial charge in [0.2, 0.25) is 10.0 Å². The molecule has 1 saturated heterocycles. The van der Waals surface area contributed by atoms with Crippen LogP contribution in [-0.4, -0.2) is 81.1 Å². The number of hydrogen-bond acceptors (Lipinski definition) is 8. The fraction of sp³-hybridized carbons (Fsp3) is 0.435. The number of hydrogen-bond donors (Lipinski definition) is 2. The number of carbonyl (C=O) groups is 2. The van der Waals surface area contributed by atoms with Gasteiger partial charge in [0.15, 0.2) is 5.11 Å². The fourth-order valence-corrected chi connectivity index (χ4v) is 6.58. The maximum absolute atomic E-state index is 13.0. The lowest BCUT2D eigenvalue weighted by Gasteiger charge is -2.26. The van der Waals surface area contributed by atoms with Crippen molar-refractivity contribution < 1.29 is 27.5 Å². The number of carbonyl (C=O) groups excluding carboxylic acids is 2. The number of nitrogens with zero attached hydrogens (tertiary/aromatic N) is 2. The standard InChI is InChI=1S/C23H30N4O6S3/c1-5-26(6-2)21(28)19-15(3)18(22(29)32-4)20(35-19)25-23(34)24-16-7-9-17(10-8-16)36(30,31)27-11-13-33-14-12-27/h7-10H,5-6,11-14H2,1-4H3,(H2,24,25,34). The number of methoxy groups -OCH3 is 1. The lowest BCUT2D eigenvalue weighted by Crippen LogP contribution is -2.40. The smallest absolute Gasteiger partial charge is 0.341 e. The highest BCUT2D eigenvalue weighted by molar-refractivity contribution is 7.89. The summed E-state index contributed by atoms with van der Waals surface area (Å²) in [5.74, 6) is -0.748. The first kappa shape index (κ1) is 28.0. The van der Waals surface area contributed by atoms with Crippen molar-refractivity contribution in [2.75, 3.05) is 57.1 Å². The molecule has 0 bridgehead atoms. The van der Waals surface area contributed by atoms with Crippen LogP contribution in [0.2, 0.25) is 0 Å². The first-order valence-electron chi connectivity index (χ1n) is 11.4. The number of amides is 1. The predicted molar refractivity (Wildman–Crippen MR) is 144 cm³/mol. The highest BCUT2D eigenvalue weighted by Gasteiger charge is 2.28. The van der Waals surface area contributed by atoms with Gasteiger partial charge in [0.25, 0.3) is 5.91 Å². The van der Waals surface area contributed by atoms with Crippen LogP contribution in [0.5, 0.6) is 0 Å². The van der Waals surface area contributed by atoms with Gasteiger partial charge in [0.1, 0.15) is 5.00 Å². The summed E-state index contributed by atoms with van der Waals surface area (Å²) >= 11 is 6.55. The second kappa shape index (κ2) is 12.1. The largest absolute Gasteiger partial charge is 0.465 e. The van der Waals surface area contributed by atoms with Crippen molar-refractivity contribution in [3.8, 4) is 0 Å². The molecule has 0 atom stereocenters. The van der Waals surface area contributed by atoms with Crippen molar-refractivity contribution in [2.24, 2.45) is 0 Å². The van der Waals surface area contributed by atoms with Gasteiger partial charge in [-0.25, -0.2) is 13.2 Å². The molecule has 0 spiro atoms. The molecular formula is C23H30N4O6S3. The van der Waals surface area contributed by atoms with E-state index in [1.165, 1.54) is 23.5 Å². The number of ether oxygens (including phenoxy) is 2. The Morgan fingerprint density at radius 2 is 1.75 bits per heavy atom. The minimum absolute atomic E-state index is 0.170. The number of sulfonamides is 1. The molecule has 3 rings (SSSR count). The van der Waals surface area contributed by atoms with Crippen LogP contribution in [0.15, 0.2) is 29.2 Å². The van der Waals surface area contributed by atoms with E-state index >= 15 is 0 Å². The molecule has 1 aliphatic rings. The Hall–Kier alpha value is -2.58. The van der Waals surface area contributed by atoms with E-state index in [0.29, 0.717) is 60.5 Å². The predicted octanol–water partition coefficient (Wildman–Crippen LogP) is 3.15. The van der Waals surface area contributed by atoms with E-state index < -0.39 is 16.0 Å². The average molecular weight is 555 g/mol. The molecule has 36 heavy (non-hydrogen) atoms. The zero-order chi connectivity index (χ0) is 26.5. The van der Waals surface area contributed by atoms with Crippen LogP contribution < -0.4 is 10.6 Å².